The molecule has 0 aliphatic rings. The Morgan fingerprint density at radius 1 is 1.47 bits per heavy atom. The number of nitro benzene ring substituents is 1. The van der Waals surface area contributed by atoms with E-state index in [0.29, 0.717) is 13.2 Å². The van der Waals surface area contributed by atoms with Crippen molar-refractivity contribution in [1.82, 2.24) is 4.90 Å². The molecule has 0 spiro atoms. The van der Waals surface area contributed by atoms with Crippen molar-refractivity contribution < 1.29 is 9.66 Å². The van der Waals surface area contributed by atoms with Gasteiger partial charge in [0.1, 0.15) is 5.69 Å². The van der Waals surface area contributed by atoms with E-state index in [1.807, 2.05) is 31.9 Å². The topological polar surface area (TPSA) is 81.6 Å². The predicted octanol–water partition coefficient (Wildman–Crippen LogP) is 2.03. The van der Waals surface area contributed by atoms with Crippen molar-refractivity contribution in [1.29, 1.82) is 0 Å². The maximum absolute atomic E-state index is 10.8. The Morgan fingerprint density at radius 3 is 2.74 bits per heavy atom. The van der Waals surface area contributed by atoms with Gasteiger partial charge in [-0.15, -0.1) is 0 Å². The van der Waals surface area contributed by atoms with Crippen LogP contribution in [0.15, 0.2) is 18.2 Å². The zero-order valence-corrected chi connectivity index (χ0v) is 11.6. The summed E-state index contributed by atoms with van der Waals surface area (Å²) in [6.45, 7) is 5.91. The monoisotopic (exact) mass is 267 g/mol. The molecule has 1 rings (SSSR count). The first kappa shape index (κ1) is 15.4. The molecule has 0 fully saturated rings. The first-order valence-corrected chi connectivity index (χ1v) is 6.23. The molecule has 106 valence electrons. The van der Waals surface area contributed by atoms with E-state index in [1.165, 1.54) is 6.07 Å². The van der Waals surface area contributed by atoms with Gasteiger partial charge in [-0.05, 0) is 26.5 Å². The molecule has 0 atom stereocenters. The van der Waals surface area contributed by atoms with E-state index in [0.717, 1.165) is 12.1 Å². The largest absolute Gasteiger partial charge is 0.393 e. The number of ether oxygens (including phenoxy) is 1. The minimum atomic E-state index is -0.458. The summed E-state index contributed by atoms with van der Waals surface area (Å²) >= 11 is 0. The highest BCUT2D eigenvalue weighted by atomic mass is 16.6. The number of nitrogens with zero attached hydrogens (tertiary/aromatic N) is 2. The number of likely N-dealkylation sites (N-methyl/N-ethyl adjacent to an activating group) is 1. The average molecular weight is 267 g/mol. The second-order valence-corrected chi connectivity index (χ2v) is 4.76. The lowest BCUT2D eigenvalue weighted by molar-refractivity contribution is -0.384. The molecule has 0 aliphatic heterocycles. The van der Waals surface area contributed by atoms with E-state index in [4.69, 9.17) is 10.5 Å². The summed E-state index contributed by atoms with van der Waals surface area (Å²) in [5.41, 5.74) is 6.78. The maximum atomic E-state index is 10.8. The molecule has 1 aromatic carbocycles. The Labute approximate surface area is 113 Å². The van der Waals surface area contributed by atoms with Crippen LogP contribution in [0.3, 0.4) is 0 Å². The molecule has 0 bridgehead atoms. The molecule has 0 saturated carbocycles. The van der Waals surface area contributed by atoms with E-state index in [2.05, 4.69) is 0 Å². The third-order valence-electron chi connectivity index (χ3n) is 2.73. The van der Waals surface area contributed by atoms with Crippen LogP contribution in [-0.2, 0) is 11.3 Å². The molecule has 6 heteroatoms. The SMILES string of the molecule is CC(C)OCCN(C)Cc1cccc([N+](=O)[O-])c1N. The number of anilines is 1. The molecule has 6 nitrogen and oxygen atoms in total. The summed E-state index contributed by atoms with van der Waals surface area (Å²) in [5, 5.41) is 10.8. The third kappa shape index (κ3) is 4.84. The number of hydrogen-bond donors (Lipinski definition) is 1. The van der Waals surface area contributed by atoms with Crippen molar-refractivity contribution in [3.8, 4) is 0 Å². The summed E-state index contributed by atoms with van der Waals surface area (Å²) in [7, 11) is 1.93. The lowest BCUT2D eigenvalue weighted by atomic mass is 10.1. The lowest BCUT2D eigenvalue weighted by Gasteiger charge is -2.18. The smallest absolute Gasteiger partial charge is 0.292 e. The Kier molecular flexibility index (Phi) is 5.72. The molecule has 19 heavy (non-hydrogen) atoms. The quantitative estimate of drug-likeness (QED) is 0.464. The van der Waals surface area contributed by atoms with Gasteiger partial charge in [0.05, 0.1) is 17.6 Å². The van der Waals surface area contributed by atoms with Gasteiger partial charge in [0.2, 0.25) is 0 Å². The number of nitrogens with two attached hydrogens (primary N) is 1. The zero-order chi connectivity index (χ0) is 14.4. The van der Waals surface area contributed by atoms with E-state index < -0.39 is 4.92 Å². The van der Waals surface area contributed by atoms with E-state index in [1.54, 1.807) is 6.07 Å². The second-order valence-electron chi connectivity index (χ2n) is 4.76. The molecular formula is C13H21N3O3. The van der Waals surface area contributed by atoms with Gasteiger partial charge in [0.25, 0.3) is 5.69 Å². The van der Waals surface area contributed by atoms with Crippen LogP contribution in [0, 0.1) is 10.1 Å². The fourth-order valence-corrected chi connectivity index (χ4v) is 1.71. The Morgan fingerprint density at radius 2 is 2.16 bits per heavy atom. The van der Waals surface area contributed by atoms with Crippen molar-refractivity contribution in [2.45, 2.75) is 26.5 Å². The van der Waals surface area contributed by atoms with E-state index >= 15 is 0 Å². The Bertz CT molecular complexity index is 435. The fraction of sp³-hybridized carbons (Fsp3) is 0.538. The summed E-state index contributed by atoms with van der Waals surface area (Å²) in [6.07, 6.45) is 0.205. The summed E-state index contributed by atoms with van der Waals surface area (Å²) in [6, 6.07) is 4.88. The van der Waals surface area contributed by atoms with Gasteiger partial charge in [-0.25, -0.2) is 0 Å². The van der Waals surface area contributed by atoms with Crippen molar-refractivity contribution >= 4 is 11.4 Å². The first-order chi connectivity index (χ1) is 8.91. The minimum Gasteiger partial charge on any atom is -0.393 e. The highest BCUT2D eigenvalue weighted by Gasteiger charge is 2.15. The molecule has 0 amide bonds. The Balaban J connectivity index is 2.61. The first-order valence-electron chi connectivity index (χ1n) is 6.23. The van der Waals surface area contributed by atoms with Crippen LogP contribution in [0.4, 0.5) is 11.4 Å². The van der Waals surface area contributed by atoms with E-state index in [9.17, 15) is 10.1 Å². The molecular weight excluding hydrogens is 246 g/mol. The van der Waals surface area contributed by atoms with Gasteiger partial charge in [-0.3, -0.25) is 15.0 Å². The van der Waals surface area contributed by atoms with E-state index in [-0.39, 0.29) is 17.5 Å². The normalized spacial score (nSPS) is 11.2. The summed E-state index contributed by atoms with van der Waals surface area (Å²) in [4.78, 5) is 12.4. The predicted molar refractivity (Wildman–Crippen MR) is 74.9 cm³/mol. The maximum Gasteiger partial charge on any atom is 0.292 e. The van der Waals surface area contributed by atoms with Gasteiger partial charge in [-0.2, -0.15) is 0 Å². The number of nitrogen functional groups attached to an aromatic ring is 1. The minimum absolute atomic E-state index is 0.0377. The van der Waals surface area contributed by atoms with Gasteiger partial charge >= 0.3 is 0 Å². The van der Waals surface area contributed by atoms with Crippen LogP contribution >= 0.6 is 0 Å². The number of nitro groups is 1. The highest BCUT2D eigenvalue weighted by molar-refractivity contribution is 5.62. The highest BCUT2D eigenvalue weighted by Crippen LogP contribution is 2.25. The van der Waals surface area contributed by atoms with Crippen molar-refractivity contribution in [3.63, 3.8) is 0 Å². The number of hydrogen-bond acceptors (Lipinski definition) is 5. The molecule has 0 saturated heterocycles. The van der Waals surface area contributed by atoms with Crippen molar-refractivity contribution in [2.75, 3.05) is 25.9 Å². The van der Waals surface area contributed by atoms with Gasteiger partial charge < -0.3 is 10.5 Å². The zero-order valence-electron chi connectivity index (χ0n) is 11.6. The van der Waals surface area contributed by atoms with Crippen LogP contribution < -0.4 is 5.73 Å². The number of para-hydroxylation sites is 1. The van der Waals surface area contributed by atoms with Gasteiger partial charge in [0.15, 0.2) is 0 Å². The average Bonchev–Trinajstić information content (AvgIpc) is 2.31. The standard InChI is InChI=1S/C13H21N3O3/c1-10(2)19-8-7-15(3)9-11-5-4-6-12(13(11)14)16(17)18/h4-6,10H,7-9,14H2,1-3H3. The summed E-state index contributed by atoms with van der Waals surface area (Å²) in [5.74, 6) is 0. The second kappa shape index (κ2) is 7.06. The summed E-state index contributed by atoms with van der Waals surface area (Å²) < 4.78 is 5.46. The molecule has 2 N–H and O–H groups in total. The Hall–Kier alpha value is -1.66. The lowest BCUT2D eigenvalue weighted by Crippen LogP contribution is -2.24. The molecule has 0 unspecified atom stereocenters. The van der Waals surface area contributed by atoms with Crippen LogP contribution in [0.1, 0.15) is 19.4 Å². The molecule has 0 aliphatic carbocycles. The molecule has 1 aromatic rings. The van der Waals surface area contributed by atoms with Crippen LogP contribution in [0.25, 0.3) is 0 Å². The van der Waals surface area contributed by atoms with Crippen molar-refractivity contribution in [3.05, 3.63) is 33.9 Å². The van der Waals surface area contributed by atoms with Gasteiger partial charge in [-0.1, -0.05) is 12.1 Å². The molecule has 0 heterocycles. The van der Waals surface area contributed by atoms with Crippen molar-refractivity contribution in [2.24, 2.45) is 0 Å². The molecule has 0 aromatic heterocycles. The third-order valence-corrected chi connectivity index (χ3v) is 2.73. The van der Waals surface area contributed by atoms with Crippen LogP contribution in [-0.4, -0.2) is 36.1 Å². The number of rotatable bonds is 7. The van der Waals surface area contributed by atoms with Gasteiger partial charge in [0, 0.05) is 19.2 Å². The fourth-order valence-electron chi connectivity index (χ4n) is 1.71. The van der Waals surface area contributed by atoms with Crippen LogP contribution in [0.5, 0.6) is 0 Å². The number of benzene rings is 1. The molecule has 0 radical (unpaired) electrons. The van der Waals surface area contributed by atoms with Crippen LogP contribution in [0.2, 0.25) is 0 Å².